The number of aryl methyl sites for hydroxylation is 1. The van der Waals surface area contributed by atoms with E-state index >= 15 is 0 Å². The van der Waals surface area contributed by atoms with Crippen LogP contribution in [0, 0.1) is 12.8 Å². The summed E-state index contributed by atoms with van der Waals surface area (Å²) in [6.45, 7) is 3.08. The molecule has 0 aromatic heterocycles. The zero-order valence-corrected chi connectivity index (χ0v) is 16.6. The molecule has 0 bridgehead atoms. The van der Waals surface area contributed by atoms with Crippen LogP contribution in [0.2, 0.25) is 0 Å². The summed E-state index contributed by atoms with van der Waals surface area (Å²) in [6, 6.07) is 12.2. The van der Waals surface area contributed by atoms with Crippen LogP contribution in [0.1, 0.15) is 28.8 Å². The maximum Gasteiger partial charge on any atom is 0.321 e. The van der Waals surface area contributed by atoms with Gasteiger partial charge in [0.15, 0.2) is 5.78 Å². The summed E-state index contributed by atoms with van der Waals surface area (Å²) in [5.74, 6) is 0.141. The monoisotopic (exact) mass is 381 g/mol. The Morgan fingerprint density at radius 3 is 2.29 bits per heavy atom. The molecule has 2 amide bonds. The van der Waals surface area contributed by atoms with Gasteiger partial charge in [-0.1, -0.05) is 0 Å². The SMILES string of the molecule is Cc1cc(N(C)C)ccc1NC(=O)N1CCC(C(=O)c2ccc(O)cc2)CC1. The molecular weight excluding hydrogens is 354 g/mol. The highest BCUT2D eigenvalue weighted by Crippen LogP contribution is 2.25. The molecule has 0 saturated carbocycles. The Morgan fingerprint density at radius 1 is 1.07 bits per heavy atom. The number of benzene rings is 2. The third-order valence-corrected chi connectivity index (χ3v) is 5.27. The van der Waals surface area contributed by atoms with E-state index in [1.54, 1.807) is 17.0 Å². The maximum absolute atomic E-state index is 12.6. The molecule has 0 aliphatic carbocycles. The molecule has 6 nitrogen and oxygen atoms in total. The second-order valence-electron chi connectivity index (χ2n) is 7.50. The first-order valence-electron chi connectivity index (χ1n) is 9.52. The number of carbonyl (C=O) groups is 2. The van der Waals surface area contributed by atoms with Gasteiger partial charge in [0.1, 0.15) is 5.75 Å². The first-order valence-corrected chi connectivity index (χ1v) is 9.52. The van der Waals surface area contributed by atoms with Crippen LogP contribution in [0.5, 0.6) is 5.75 Å². The number of phenolic OH excluding ortho intramolecular Hbond substituents is 1. The summed E-state index contributed by atoms with van der Waals surface area (Å²) in [6.07, 6.45) is 1.29. The van der Waals surface area contributed by atoms with Crippen LogP contribution >= 0.6 is 0 Å². The average Bonchev–Trinajstić information content (AvgIpc) is 2.69. The highest BCUT2D eigenvalue weighted by Gasteiger charge is 2.28. The van der Waals surface area contributed by atoms with Crippen molar-refractivity contribution in [3.8, 4) is 5.75 Å². The number of rotatable bonds is 4. The highest BCUT2D eigenvalue weighted by molar-refractivity contribution is 5.98. The first-order chi connectivity index (χ1) is 13.3. The molecule has 28 heavy (non-hydrogen) atoms. The second-order valence-corrected chi connectivity index (χ2v) is 7.50. The van der Waals surface area contributed by atoms with E-state index in [4.69, 9.17) is 0 Å². The number of phenols is 1. The Morgan fingerprint density at radius 2 is 1.71 bits per heavy atom. The summed E-state index contributed by atoms with van der Waals surface area (Å²) in [5.41, 5.74) is 3.51. The minimum absolute atomic E-state index is 0.0789. The van der Waals surface area contributed by atoms with Gasteiger partial charge in [-0.05, 0) is 67.8 Å². The van der Waals surface area contributed by atoms with Crippen molar-refractivity contribution < 1.29 is 14.7 Å². The number of piperidine rings is 1. The van der Waals surface area contributed by atoms with Crippen LogP contribution in [-0.2, 0) is 0 Å². The summed E-state index contributed by atoms with van der Waals surface area (Å²) < 4.78 is 0. The molecule has 1 fully saturated rings. The van der Waals surface area contributed by atoms with Gasteiger partial charge in [-0.25, -0.2) is 4.79 Å². The van der Waals surface area contributed by atoms with Gasteiger partial charge >= 0.3 is 6.03 Å². The Bertz CT molecular complexity index is 854. The van der Waals surface area contributed by atoms with Crippen molar-refractivity contribution >= 4 is 23.2 Å². The average molecular weight is 381 g/mol. The van der Waals surface area contributed by atoms with E-state index in [1.165, 1.54) is 12.1 Å². The lowest BCUT2D eigenvalue weighted by Crippen LogP contribution is -2.42. The Balaban J connectivity index is 1.56. The van der Waals surface area contributed by atoms with Crippen LogP contribution in [0.4, 0.5) is 16.2 Å². The molecule has 6 heteroatoms. The van der Waals surface area contributed by atoms with Crippen LogP contribution in [-0.4, -0.2) is 49.0 Å². The standard InChI is InChI=1S/C22H27N3O3/c1-15-14-18(24(2)3)6-9-20(15)23-22(28)25-12-10-17(11-13-25)21(27)16-4-7-19(26)8-5-16/h4-9,14,17,26H,10-13H2,1-3H3,(H,23,28). The zero-order valence-electron chi connectivity index (χ0n) is 16.6. The largest absolute Gasteiger partial charge is 0.508 e. The molecule has 0 spiro atoms. The minimum Gasteiger partial charge on any atom is -0.508 e. The van der Waals surface area contributed by atoms with Crippen molar-refractivity contribution in [2.75, 3.05) is 37.4 Å². The number of urea groups is 1. The topological polar surface area (TPSA) is 72.9 Å². The van der Waals surface area contributed by atoms with Gasteiger partial charge in [0.2, 0.25) is 0 Å². The van der Waals surface area contributed by atoms with Crippen molar-refractivity contribution in [3.05, 3.63) is 53.6 Å². The molecule has 3 rings (SSSR count). The number of likely N-dealkylation sites (tertiary alicyclic amines) is 1. The number of anilines is 2. The number of hydrogen-bond acceptors (Lipinski definition) is 4. The maximum atomic E-state index is 12.6. The summed E-state index contributed by atoms with van der Waals surface area (Å²) in [5, 5.41) is 12.3. The van der Waals surface area contributed by atoms with Crippen molar-refractivity contribution in [3.63, 3.8) is 0 Å². The zero-order chi connectivity index (χ0) is 20.3. The van der Waals surface area contributed by atoms with Crippen LogP contribution in [0.3, 0.4) is 0 Å². The third kappa shape index (κ3) is 4.44. The first kappa shape index (κ1) is 19.7. The van der Waals surface area contributed by atoms with Gasteiger partial charge < -0.3 is 20.2 Å². The Hall–Kier alpha value is -3.02. The molecule has 0 radical (unpaired) electrons. The molecule has 1 aliphatic rings. The van der Waals surface area contributed by atoms with Crippen LogP contribution in [0.15, 0.2) is 42.5 Å². The predicted octanol–water partition coefficient (Wildman–Crippen LogP) is 3.89. The van der Waals surface area contributed by atoms with Crippen molar-refractivity contribution in [1.82, 2.24) is 4.90 Å². The summed E-state index contributed by atoms with van der Waals surface area (Å²) >= 11 is 0. The van der Waals surface area contributed by atoms with E-state index in [0.29, 0.717) is 31.5 Å². The molecule has 2 N–H and O–H groups in total. The fourth-order valence-corrected chi connectivity index (χ4v) is 3.47. The van der Waals surface area contributed by atoms with Crippen molar-refractivity contribution in [2.24, 2.45) is 5.92 Å². The number of nitrogens with zero attached hydrogens (tertiary/aromatic N) is 2. The lowest BCUT2D eigenvalue weighted by Gasteiger charge is -2.31. The van der Waals surface area contributed by atoms with E-state index in [-0.39, 0.29) is 23.5 Å². The third-order valence-electron chi connectivity index (χ3n) is 5.27. The lowest BCUT2D eigenvalue weighted by molar-refractivity contribution is 0.0859. The Kier molecular flexibility index (Phi) is 5.87. The normalized spacial score (nSPS) is 14.6. The summed E-state index contributed by atoms with van der Waals surface area (Å²) in [7, 11) is 3.97. The van der Waals surface area contributed by atoms with Gasteiger partial charge in [0.05, 0.1) is 0 Å². The quantitative estimate of drug-likeness (QED) is 0.788. The fraction of sp³-hybridized carbons (Fsp3) is 0.364. The molecular formula is C22H27N3O3. The number of amides is 2. The summed E-state index contributed by atoms with van der Waals surface area (Å²) in [4.78, 5) is 29.0. The number of Topliss-reactive ketones (excluding diaryl/α,β-unsaturated/α-hetero) is 1. The van der Waals surface area contributed by atoms with Gasteiger partial charge in [-0.3, -0.25) is 4.79 Å². The smallest absolute Gasteiger partial charge is 0.321 e. The number of carbonyl (C=O) groups excluding carboxylic acids is 2. The van der Waals surface area contributed by atoms with Gasteiger partial charge in [-0.2, -0.15) is 0 Å². The van der Waals surface area contributed by atoms with Gasteiger partial charge in [-0.15, -0.1) is 0 Å². The van der Waals surface area contributed by atoms with Crippen molar-refractivity contribution in [1.29, 1.82) is 0 Å². The van der Waals surface area contributed by atoms with E-state index in [9.17, 15) is 14.7 Å². The molecule has 148 valence electrons. The van der Waals surface area contributed by atoms with Gasteiger partial charge in [0, 0.05) is 50.0 Å². The molecule has 1 saturated heterocycles. The second kappa shape index (κ2) is 8.33. The van der Waals surface area contributed by atoms with Crippen LogP contribution < -0.4 is 10.2 Å². The Labute approximate surface area is 165 Å². The highest BCUT2D eigenvalue weighted by atomic mass is 16.3. The predicted molar refractivity (Wildman–Crippen MR) is 111 cm³/mol. The van der Waals surface area contributed by atoms with E-state index in [2.05, 4.69) is 5.32 Å². The van der Waals surface area contributed by atoms with Gasteiger partial charge in [0.25, 0.3) is 0 Å². The minimum atomic E-state index is -0.128. The molecule has 2 aromatic rings. The fourth-order valence-electron chi connectivity index (χ4n) is 3.47. The molecule has 1 heterocycles. The van der Waals surface area contributed by atoms with E-state index in [0.717, 1.165) is 16.9 Å². The number of nitrogens with one attached hydrogen (secondary N) is 1. The molecule has 0 atom stereocenters. The van der Waals surface area contributed by atoms with Crippen LogP contribution in [0.25, 0.3) is 0 Å². The molecule has 1 aliphatic heterocycles. The number of ketones is 1. The molecule has 2 aromatic carbocycles. The molecule has 0 unspecified atom stereocenters. The van der Waals surface area contributed by atoms with Crippen molar-refractivity contribution in [2.45, 2.75) is 19.8 Å². The lowest BCUT2D eigenvalue weighted by atomic mass is 9.89. The number of aromatic hydroxyl groups is 1. The number of hydrogen-bond donors (Lipinski definition) is 2. The van der Waals surface area contributed by atoms with E-state index < -0.39 is 0 Å². The van der Waals surface area contributed by atoms with E-state index in [1.807, 2.05) is 44.1 Å².